The summed E-state index contributed by atoms with van der Waals surface area (Å²) in [5, 5.41) is 6.87. The molecule has 1 heterocycles. The fourth-order valence-electron chi connectivity index (χ4n) is 2.36. The largest absolute Gasteiger partial charge is 0.374 e. The summed E-state index contributed by atoms with van der Waals surface area (Å²) in [5.41, 5.74) is 4.17. The minimum absolute atomic E-state index is 0.308. The monoisotopic (exact) mass is 262 g/mol. The zero-order valence-electron chi connectivity index (χ0n) is 12.3. The molecule has 0 bridgehead atoms. The normalized spacial score (nSPS) is 19.9. The molecule has 1 aromatic rings. The van der Waals surface area contributed by atoms with Gasteiger partial charge in [-0.2, -0.15) is 0 Å². The molecule has 1 atom stereocenters. The third kappa shape index (κ3) is 4.30. The van der Waals surface area contributed by atoms with Gasteiger partial charge in [0, 0.05) is 26.2 Å². The highest BCUT2D eigenvalue weighted by molar-refractivity contribution is 5.32. The first-order chi connectivity index (χ1) is 9.16. The number of nitrogens with one attached hydrogen (secondary N) is 2. The van der Waals surface area contributed by atoms with Gasteiger partial charge in [0.1, 0.15) is 0 Å². The topological polar surface area (TPSA) is 33.3 Å². The molecule has 3 nitrogen and oxygen atoms in total. The second kappa shape index (κ2) is 7.04. The van der Waals surface area contributed by atoms with Crippen LogP contribution in [0.25, 0.3) is 0 Å². The Balaban J connectivity index is 1.86. The Bertz CT molecular complexity index is 398. The summed E-state index contributed by atoms with van der Waals surface area (Å²) >= 11 is 0. The van der Waals surface area contributed by atoms with Crippen LogP contribution in [0.15, 0.2) is 18.2 Å². The van der Waals surface area contributed by atoms with Crippen molar-refractivity contribution in [1.82, 2.24) is 10.6 Å². The molecule has 0 amide bonds. The van der Waals surface area contributed by atoms with E-state index in [-0.39, 0.29) is 0 Å². The molecule has 0 aromatic heterocycles. The summed E-state index contributed by atoms with van der Waals surface area (Å²) in [4.78, 5) is 0. The quantitative estimate of drug-likeness (QED) is 0.853. The van der Waals surface area contributed by atoms with E-state index in [0.29, 0.717) is 12.0 Å². The lowest BCUT2D eigenvalue weighted by atomic mass is 9.98. The smallest absolute Gasteiger partial charge is 0.0824 e. The van der Waals surface area contributed by atoms with Gasteiger partial charge in [-0.15, -0.1) is 0 Å². The molecular formula is C16H26N2O. The lowest BCUT2D eigenvalue weighted by molar-refractivity contribution is 0.0290. The van der Waals surface area contributed by atoms with Crippen molar-refractivity contribution >= 4 is 0 Å². The lowest BCUT2D eigenvalue weighted by Crippen LogP contribution is -2.43. The Morgan fingerprint density at radius 1 is 1.42 bits per heavy atom. The molecule has 1 saturated heterocycles. The number of ether oxygens (including phenoxy) is 1. The van der Waals surface area contributed by atoms with E-state index >= 15 is 0 Å². The molecule has 1 aliphatic rings. The fourth-order valence-corrected chi connectivity index (χ4v) is 2.36. The fraction of sp³-hybridized carbons (Fsp3) is 0.625. The van der Waals surface area contributed by atoms with Crippen molar-refractivity contribution in [2.24, 2.45) is 0 Å². The van der Waals surface area contributed by atoms with E-state index in [0.717, 1.165) is 32.8 Å². The SMILES string of the molecule is Cc1ccc(C(C)C)cc1CNCC1CNCCO1. The maximum Gasteiger partial charge on any atom is 0.0824 e. The van der Waals surface area contributed by atoms with Crippen LogP contribution < -0.4 is 10.6 Å². The van der Waals surface area contributed by atoms with Gasteiger partial charge in [0.05, 0.1) is 12.7 Å². The van der Waals surface area contributed by atoms with Crippen LogP contribution in [-0.4, -0.2) is 32.3 Å². The van der Waals surface area contributed by atoms with E-state index in [1.54, 1.807) is 0 Å². The number of hydrogen-bond donors (Lipinski definition) is 2. The van der Waals surface area contributed by atoms with Gasteiger partial charge in [0.2, 0.25) is 0 Å². The van der Waals surface area contributed by atoms with Crippen LogP contribution in [0.4, 0.5) is 0 Å². The van der Waals surface area contributed by atoms with E-state index in [1.807, 2.05) is 0 Å². The maximum atomic E-state index is 5.68. The van der Waals surface area contributed by atoms with Gasteiger partial charge in [0.25, 0.3) is 0 Å². The van der Waals surface area contributed by atoms with Crippen molar-refractivity contribution in [3.63, 3.8) is 0 Å². The molecule has 106 valence electrons. The molecule has 1 aliphatic heterocycles. The highest BCUT2D eigenvalue weighted by Crippen LogP contribution is 2.18. The Morgan fingerprint density at radius 2 is 2.26 bits per heavy atom. The number of morpholine rings is 1. The number of benzene rings is 1. The highest BCUT2D eigenvalue weighted by atomic mass is 16.5. The van der Waals surface area contributed by atoms with Crippen LogP contribution in [0.3, 0.4) is 0 Å². The van der Waals surface area contributed by atoms with Gasteiger partial charge in [0.15, 0.2) is 0 Å². The molecule has 1 fully saturated rings. The predicted molar refractivity (Wildman–Crippen MR) is 79.6 cm³/mol. The van der Waals surface area contributed by atoms with E-state index in [4.69, 9.17) is 4.74 Å². The predicted octanol–water partition coefficient (Wildman–Crippen LogP) is 2.20. The van der Waals surface area contributed by atoms with Crippen LogP contribution in [0.5, 0.6) is 0 Å². The molecule has 2 N–H and O–H groups in total. The van der Waals surface area contributed by atoms with Crippen LogP contribution in [0.1, 0.15) is 36.5 Å². The standard InChI is InChI=1S/C16H26N2O/c1-12(2)14-5-4-13(3)15(8-14)9-18-11-16-10-17-6-7-19-16/h4-5,8,12,16-18H,6-7,9-11H2,1-3H3. The number of rotatable bonds is 5. The lowest BCUT2D eigenvalue weighted by Gasteiger charge is -2.24. The molecule has 0 radical (unpaired) electrons. The summed E-state index contributed by atoms with van der Waals surface area (Å²) in [6, 6.07) is 6.79. The van der Waals surface area contributed by atoms with Gasteiger partial charge >= 0.3 is 0 Å². The van der Waals surface area contributed by atoms with Gasteiger partial charge in [-0.05, 0) is 29.5 Å². The Labute approximate surface area is 116 Å². The van der Waals surface area contributed by atoms with E-state index in [1.165, 1.54) is 16.7 Å². The minimum Gasteiger partial charge on any atom is -0.374 e. The molecule has 19 heavy (non-hydrogen) atoms. The van der Waals surface area contributed by atoms with Crippen LogP contribution in [0.2, 0.25) is 0 Å². The Hall–Kier alpha value is -0.900. The Morgan fingerprint density at radius 3 is 2.95 bits per heavy atom. The highest BCUT2D eigenvalue weighted by Gasteiger charge is 2.12. The Kier molecular flexibility index (Phi) is 5.37. The molecule has 0 aliphatic carbocycles. The minimum atomic E-state index is 0.308. The molecule has 0 spiro atoms. The summed E-state index contributed by atoms with van der Waals surface area (Å²) in [5.74, 6) is 0.588. The third-order valence-corrected chi connectivity index (χ3v) is 3.73. The first kappa shape index (κ1) is 14.5. The first-order valence-electron chi connectivity index (χ1n) is 7.29. The van der Waals surface area contributed by atoms with Crippen molar-refractivity contribution in [3.8, 4) is 0 Å². The van der Waals surface area contributed by atoms with Gasteiger partial charge < -0.3 is 15.4 Å². The van der Waals surface area contributed by atoms with Crippen LogP contribution in [0, 0.1) is 6.92 Å². The van der Waals surface area contributed by atoms with E-state index in [2.05, 4.69) is 49.6 Å². The second-order valence-corrected chi connectivity index (χ2v) is 5.67. The second-order valence-electron chi connectivity index (χ2n) is 5.67. The van der Waals surface area contributed by atoms with Crippen LogP contribution >= 0.6 is 0 Å². The van der Waals surface area contributed by atoms with Crippen molar-refractivity contribution in [1.29, 1.82) is 0 Å². The number of aryl methyl sites for hydroxylation is 1. The van der Waals surface area contributed by atoms with E-state index < -0.39 is 0 Å². The average Bonchev–Trinajstić information content (AvgIpc) is 2.42. The maximum absolute atomic E-state index is 5.68. The van der Waals surface area contributed by atoms with Crippen molar-refractivity contribution in [2.75, 3.05) is 26.2 Å². The van der Waals surface area contributed by atoms with Crippen LogP contribution in [-0.2, 0) is 11.3 Å². The summed E-state index contributed by atoms with van der Waals surface area (Å²) in [7, 11) is 0. The molecule has 2 rings (SSSR count). The summed E-state index contributed by atoms with van der Waals surface area (Å²) in [6.45, 7) is 11.3. The first-order valence-corrected chi connectivity index (χ1v) is 7.29. The zero-order chi connectivity index (χ0) is 13.7. The summed E-state index contributed by atoms with van der Waals surface area (Å²) in [6.07, 6.45) is 0.308. The number of hydrogen-bond acceptors (Lipinski definition) is 3. The third-order valence-electron chi connectivity index (χ3n) is 3.73. The van der Waals surface area contributed by atoms with Gasteiger partial charge in [-0.1, -0.05) is 32.0 Å². The molecular weight excluding hydrogens is 236 g/mol. The van der Waals surface area contributed by atoms with Crippen molar-refractivity contribution in [2.45, 2.75) is 39.3 Å². The molecule has 3 heteroatoms. The van der Waals surface area contributed by atoms with Crippen molar-refractivity contribution < 1.29 is 4.74 Å². The average molecular weight is 262 g/mol. The van der Waals surface area contributed by atoms with Crippen molar-refractivity contribution in [3.05, 3.63) is 34.9 Å². The summed E-state index contributed by atoms with van der Waals surface area (Å²) < 4.78 is 5.68. The molecule has 0 saturated carbocycles. The van der Waals surface area contributed by atoms with E-state index in [9.17, 15) is 0 Å². The molecule has 1 aromatic carbocycles. The molecule has 1 unspecified atom stereocenters. The van der Waals surface area contributed by atoms with Gasteiger partial charge in [-0.3, -0.25) is 0 Å². The van der Waals surface area contributed by atoms with Gasteiger partial charge in [-0.25, -0.2) is 0 Å². The zero-order valence-corrected chi connectivity index (χ0v) is 12.3.